The molecule has 20 heavy (non-hydrogen) atoms. The van der Waals surface area contributed by atoms with Gasteiger partial charge in [0.2, 0.25) is 0 Å². The Kier molecular flexibility index (Phi) is 3.85. The fourth-order valence-corrected chi connectivity index (χ4v) is 4.78. The van der Waals surface area contributed by atoms with Crippen molar-refractivity contribution >= 4 is 17.5 Å². The molecule has 3 rings (SSSR count). The first-order valence-electron chi connectivity index (χ1n) is 7.41. The molecule has 0 bridgehead atoms. The van der Waals surface area contributed by atoms with Crippen LogP contribution in [-0.4, -0.2) is 11.0 Å². The highest BCUT2D eigenvalue weighted by Gasteiger charge is 2.34. The zero-order valence-electron chi connectivity index (χ0n) is 11.8. The maximum absolute atomic E-state index is 12.5. The average molecular weight is 285 g/mol. The normalized spacial score (nSPS) is 26.9. The van der Waals surface area contributed by atoms with E-state index in [1.165, 1.54) is 17.7 Å². The molecule has 0 N–H and O–H groups in total. The molecule has 0 radical (unpaired) electrons. The molecule has 1 fully saturated rings. The third-order valence-corrected chi connectivity index (χ3v) is 6.06. The van der Waals surface area contributed by atoms with Crippen LogP contribution in [0, 0.1) is 17.2 Å². The van der Waals surface area contributed by atoms with Gasteiger partial charge in [0.05, 0.1) is 12.0 Å². The van der Waals surface area contributed by atoms with Crippen molar-refractivity contribution in [3.8, 4) is 6.07 Å². The smallest absolute Gasteiger partial charge is 0.141 e. The molecule has 1 aromatic carbocycles. The largest absolute Gasteiger partial charge is 0.299 e. The molecule has 3 heteroatoms. The lowest BCUT2D eigenvalue weighted by Gasteiger charge is -2.27. The maximum atomic E-state index is 12.5. The molecule has 0 saturated heterocycles. The van der Waals surface area contributed by atoms with E-state index in [4.69, 9.17) is 5.26 Å². The minimum absolute atomic E-state index is 0.106. The molecule has 1 heterocycles. The third kappa shape index (κ3) is 2.50. The Labute approximate surface area is 124 Å². The summed E-state index contributed by atoms with van der Waals surface area (Å²) in [6.45, 7) is 1.91. The summed E-state index contributed by atoms with van der Waals surface area (Å²) in [5.74, 6) is 0.548. The van der Waals surface area contributed by atoms with Gasteiger partial charge in [-0.25, -0.2) is 0 Å². The lowest BCUT2D eigenvalue weighted by molar-refractivity contribution is -0.122. The number of carbonyl (C=O) groups is 1. The predicted octanol–water partition coefficient (Wildman–Crippen LogP) is 4.09. The highest BCUT2D eigenvalue weighted by Crippen LogP contribution is 2.43. The second-order valence-corrected chi connectivity index (χ2v) is 7.19. The van der Waals surface area contributed by atoms with Gasteiger partial charge in [-0.15, -0.1) is 11.8 Å². The van der Waals surface area contributed by atoms with Crippen molar-refractivity contribution in [1.82, 2.24) is 0 Å². The molecule has 0 spiro atoms. The van der Waals surface area contributed by atoms with Crippen LogP contribution in [0.4, 0.5) is 0 Å². The topological polar surface area (TPSA) is 40.9 Å². The van der Waals surface area contributed by atoms with Crippen LogP contribution in [0.5, 0.6) is 0 Å². The van der Waals surface area contributed by atoms with Crippen LogP contribution in [0.15, 0.2) is 23.1 Å². The summed E-state index contributed by atoms with van der Waals surface area (Å²) in [6.07, 6.45) is 5.22. The van der Waals surface area contributed by atoms with Crippen molar-refractivity contribution < 1.29 is 4.79 Å². The number of fused-ring (bicyclic) bond motifs is 2. The molecule has 104 valence electrons. The zero-order valence-corrected chi connectivity index (χ0v) is 12.6. The van der Waals surface area contributed by atoms with Crippen LogP contribution in [0.25, 0.3) is 0 Å². The molecule has 1 aliphatic carbocycles. The van der Waals surface area contributed by atoms with Crippen molar-refractivity contribution in [2.75, 3.05) is 0 Å². The molecule has 2 aliphatic rings. The Bertz CT molecular complexity index is 575. The van der Waals surface area contributed by atoms with Gasteiger partial charge in [-0.2, -0.15) is 5.26 Å². The number of Topliss-reactive ketones (excluding diaryl/α,β-unsaturated/α-hetero) is 1. The minimum Gasteiger partial charge on any atom is -0.299 e. The standard InChI is InChI=1S/C17H19NOS/c1-11(10-18)12-6-7-16-13(8-12)9-15(19)14-4-2-3-5-17(14)20-16/h6-8,11,14,17H,2-5,9H2,1H3/t11-,14?,17?/m0/s1. The predicted molar refractivity (Wildman–Crippen MR) is 80.8 cm³/mol. The SMILES string of the molecule is C[C@@H](C#N)c1ccc2c(c1)CC(=O)C1CCCCC1S2. The van der Waals surface area contributed by atoms with Gasteiger partial charge in [0.25, 0.3) is 0 Å². The van der Waals surface area contributed by atoms with Crippen LogP contribution >= 0.6 is 11.8 Å². The lowest BCUT2D eigenvalue weighted by Crippen LogP contribution is -2.28. The second kappa shape index (κ2) is 5.61. The van der Waals surface area contributed by atoms with Gasteiger partial charge in [-0.3, -0.25) is 4.79 Å². The van der Waals surface area contributed by atoms with Gasteiger partial charge in [0, 0.05) is 22.5 Å². The van der Waals surface area contributed by atoms with E-state index in [1.54, 1.807) is 0 Å². The van der Waals surface area contributed by atoms with Crippen molar-refractivity contribution in [2.45, 2.75) is 55.1 Å². The molecule has 1 aliphatic heterocycles. The maximum Gasteiger partial charge on any atom is 0.141 e. The Hall–Kier alpha value is -1.27. The number of nitrogens with zero attached hydrogens (tertiary/aromatic N) is 1. The van der Waals surface area contributed by atoms with E-state index in [9.17, 15) is 4.79 Å². The van der Waals surface area contributed by atoms with E-state index in [1.807, 2.05) is 24.8 Å². The van der Waals surface area contributed by atoms with E-state index >= 15 is 0 Å². The minimum atomic E-state index is -0.106. The first-order chi connectivity index (χ1) is 9.69. The van der Waals surface area contributed by atoms with Crippen LogP contribution in [-0.2, 0) is 11.2 Å². The van der Waals surface area contributed by atoms with Crippen molar-refractivity contribution in [3.63, 3.8) is 0 Å². The third-order valence-electron chi connectivity index (χ3n) is 4.54. The molecule has 0 amide bonds. The summed E-state index contributed by atoms with van der Waals surface area (Å²) in [4.78, 5) is 13.7. The van der Waals surface area contributed by atoms with Crippen LogP contribution in [0.2, 0.25) is 0 Å². The summed E-state index contributed by atoms with van der Waals surface area (Å²) in [6, 6.07) is 8.52. The molecule has 2 unspecified atom stereocenters. The summed E-state index contributed by atoms with van der Waals surface area (Å²) < 4.78 is 0. The number of ketones is 1. The van der Waals surface area contributed by atoms with E-state index in [0.717, 1.165) is 24.0 Å². The molecule has 0 aromatic heterocycles. The number of thioether (sulfide) groups is 1. The number of benzene rings is 1. The Balaban J connectivity index is 1.94. The molecule has 1 saturated carbocycles. The Morgan fingerprint density at radius 2 is 2.15 bits per heavy atom. The summed E-state index contributed by atoms with van der Waals surface area (Å²) in [7, 11) is 0. The van der Waals surface area contributed by atoms with Gasteiger partial charge >= 0.3 is 0 Å². The average Bonchev–Trinajstić information content (AvgIpc) is 2.62. The fourth-order valence-electron chi connectivity index (χ4n) is 3.28. The van der Waals surface area contributed by atoms with Gasteiger partial charge in [0.15, 0.2) is 0 Å². The van der Waals surface area contributed by atoms with E-state index < -0.39 is 0 Å². The molecular weight excluding hydrogens is 266 g/mol. The lowest BCUT2D eigenvalue weighted by atomic mass is 9.83. The Morgan fingerprint density at radius 3 is 2.95 bits per heavy atom. The van der Waals surface area contributed by atoms with Crippen LogP contribution in [0.3, 0.4) is 0 Å². The first-order valence-corrected chi connectivity index (χ1v) is 8.29. The van der Waals surface area contributed by atoms with Crippen LogP contribution in [0.1, 0.15) is 49.7 Å². The van der Waals surface area contributed by atoms with Gasteiger partial charge in [-0.05, 0) is 37.0 Å². The molecule has 1 aromatic rings. The summed E-state index contributed by atoms with van der Waals surface area (Å²) in [5, 5.41) is 9.52. The Morgan fingerprint density at radius 1 is 1.35 bits per heavy atom. The van der Waals surface area contributed by atoms with Gasteiger partial charge in [-0.1, -0.05) is 25.0 Å². The van der Waals surface area contributed by atoms with E-state index in [-0.39, 0.29) is 11.8 Å². The first kappa shape index (κ1) is 13.7. The monoisotopic (exact) mass is 285 g/mol. The number of rotatable bonds is 1. The summed E-state index contributed by atoms with van der Waals surface area (Å²) in [5.41, 5.74) is 2.17. The summed E-state index contributed by atoms with van der Waals surface area (Å²) >= 11 is 1.89. The highest BCUT2D eigenvalue weighted by molar-refractivity contribution is 8.00. The second-order valence-electron chi connectivity index (χ2n) is 5.91. The van der Waals surface area contributed by atoms with E-state index in [2.05, 4.69) is 18.2 Å². The molecule has 3 atom stereocenters. The number of nitriles is 1. The number of hydrogen-bond donors (Lipinski definition) is 0. The quantitative estimate of drug-likeness (QED) is 0.780. The zero-order chi connectivity index (χ0) is 14.1. The highest BCUT2D eigenvalue weighted by atomic mass is 32.2. The van der Waals surface area contributed by atoms with Crippen LogP contribution < -0.4 is 0 Å². The van der Waals surface area contributed by atoms with E-state index in [0.29, 0.717) is 17.5 Å². The fraction of sp³-hybridized carbons (Fsp3) is 0.529. The molecule has 2 nitrogen and oxygen atoms in total. The van der Waals surface area contributed by atoms with Crippen molar-refractivity contribution in [3.05, 3.63) is 29.3 Å². The number of hydrogen-bond acceptors (Lipinski definition) is 3. The van der Waals surface area contributed by atoms with Gasteiger partial charge < -0.3 is 0 Å². The molecular formula is C17H19NOS. The van der Waals surface area contributed by atoms with Gasteiger partial charge in [0.1, 0.15) is 5.78 Å². The van der Waals surface area contributed by atoms with Crippen molar-refractivity contribution in [2.24, 2.45) is 5.92 Å². The van der Waals surface area contributed by atoms with Crippen molar-refractivity contribution in [1.29, 1.82) is 5.26 Å². The number of carbonyl (C=O) groups excluding carboxylic acids is 1.